The van der Waals surface area contributed by atoms with Crippen LogP contribution in [0.4, 0.5) is 5.69 Å². The topological polar surface area (TPSA) is 108 Å². The number of anilines is 1. The highest BCUT2D eigenvalue weighted by molar-refractivity contribution is 7.92. The quantitative estimate of drug-likeness (QED) is 0.544. The van der Waals surface area contributed by atoms with E-state index in [0.717, 1.165) is 0 Å². The summed E-state index contributed by atoms with van der Waals surface area (Å²) in [5, 5.41) is 13.2. The lowest BCUT2D eigenvalue weighted by Crippen LogP contribution is -2.47. The molecule has 180 valence electrons. The second kappa shape index (κ2) is 10.7. The molecule has 1 amide bonds. The molecular formula is C23H30ClN3O5S. The number of benzene rings is 2. The van der Waals surface area contributed by atoms with Crippen molar-refractivity contribution in [1.82, 2.24) is 10.2 Å². The number of rotatable bonds is 7. The summed E-state index contributed by atoms with van der Waals surface area (Å²) < 4.78 is 34.4. The van der Waals surface area contributed by atoms with E-state index in [0.29, 0.717) is 35.1 Å². The van der Waals surface area contributed by atoms with Crippen LogP contribution in [0.1, 0.15) is 19.4 Å². The molecule has 0 unspecified atom stereocenters. The average molecular weight is 496 g/mol. The average Bonchev–Trinajstić information content (AvgIpc) is 2.81. The van der Waals surface area contributed by atoms with Crippen LogP contribution in [0.25, 0.3) is 0 Å². The van der Waals surface area contributed by atoms with Crippen molar-refractivity contribution in [3.05, 3.63) is 53.1 Å². The molecule has 1 aliphatic rings. The van der Waals surface area contributed by atoms with Gasteiger partial charge in [0.25, 0.3) is 10.0 Å². The van der Waals surface area contributed by atoms with E-state index in [1.807, 2.05) is 14.0 Å². The summed E-state index contributed by atoms with van der Waals surface area (Å²) in [5.74, 6) is 0.379. The van der Waals surface area contributed by atoms with Gasteiger partial charge in [0.2, 0.25) is 5.91 Å². The summed E-state index contributed by atoms with van der Waals surface area (Å²) in [6.07, 6.45) is -0.195. The monoisotopic (exact) mass is 495 g/mol. The molecule has 8 nitrogen and oxygen atoms in total. The first-order valence-corrected chi connectivity index (χ1v) is 12.6. The van der Waals surface area contributed by atoms with Crippen LogP contribution in [0.3, 0.4) is 0 Å². The second-order valence-electron chi connectivity index (χ2n) is 8.33. The number of halogens is 1. The third-order valence-electron chi connectivity index (χ3n) is 5.70. The van der Waals surface area contributed by atoms with Gasteiger partial charge in [-0.25, -0.2) is 8.42 Å². The number of fused-ring (bicyclic) bond motifs is 1. The van der Waals surface area contributed by atoms with E-state index in [-0.39, 0.29) is 41.9 Å². The van der Waals surface area contributed by atoms with Crippen molar-refractivity contribution in [3.8, 4) is 5.75 Å². The van der Waals surface area contributed by atoms with Crippen LogP contribution in [0.15, 0.2) is 47.4 Å². The molecule has 0 radical (unpaired) electrons. The highest BCUT2D eigenvalue weighted by Gasteiger charge is 2.30. The lowest BCUT2D eigenvalue weighted by Gasteiger charge is -2.32. The van der Waals surface area contributed by atoms with Gasteiger partial charge >= 0.3 is 0 Å². The Bertz CT molecular complexity index is 1080. The Morgan fingerprint density at radius 1 is 1.24 bits per heavy atom. The van der Waals surface area contributed by atoms with Crippen molar-refractivity contribution in [2.24, 2.45) is 5.92 Å². The van der Waals surface area contributed by atoms with Crippen LogP contribution in [0.2, 0.25) is 5.02 Å². The van der Waals surface area contributed by atoms with Crippen LogP contribution in [0.5, 0.6) is 5.75 Å². The molecule has 1 aliphatic heterocycles. The number of aliphatic hydroxyl groups is 1. The van der Waals surface area contributed by atoms with Crippen LogP contribution in [-0.4, -0.2) is 63.2 Å². The third-order valence-corrected chi connectivity index (χ3v) is 7.35. The predicted octanol–water partition coefficient (Wildman–Crippen LogP) is 2.51. The Kier molecular flexibility index (Phi) is 8.23. The first-order chi connectivity index (χ1) is 15.6. The van der Waals surface area contributed by atoms with Crippen molar-refractivity contribution < 1.29 is 23.1 Å². The van der Waals surface area contributed by atoms with Gasteiger partial charge in [-0.15, -0.1) is 0 Å². The number of hydrogen-bond acceptors (Lipinski definition) is 6. The Hall–Kier alpha value is -2.33. The summed E-state index contributed by atoms with van der Waals surface area (Å²) in [4.78, 5) is 14.9. The van der Waals surface area contributed by atoms with Crippen molar-refractivity contribution in [3.63, 3.8) is 0 Å². The summed E-state index contributed by atoms with van der Waals surface area (Å²) in [6.45, 7) is 4.67. The summed E-state index contributed by atoms with van der Waals surface area (Å²) >= 11 is 5.86. The van der Waals surface area contributed by atoms with Crippen LogP contribution in [-0.2, 0) is 21.2 Å². The predicted molar refractivity (Wildman–Crippen MR) is 128 cm³/mol. The zero-order chi connectivity index (χ0) is 24.2. The number of nitrogens with one attached hydrogen (secondary N) is 2. The van der Waals surface area contributed by atoms with E-state index in [4.69, 9.17) is 16.3 Å². The fourth-order valence-corrected chi connectivity index (χ4v) is 4.94. The molecule has 3 atom stereocenters. The summed E-state index contributed by atoms with van der Waals surface area (Å²) in [5.41, 5.74) is 0.890. The molecule has 0 spiro atoms. The van der Waals surface area contributed by atoms with E-state index >= 15 is 0 Å². The smallest absolute Gasteiger partial charge is 0.261 e. The number of aliphatic hydroxyl groups excluding tert-OH is 1. The van der Waals surface area contributed by atoms with Crippen LogP contribution in [0, 0.1) is 5.92 Å². The maximum Gasteiger partial charge on any atom is 0.261 e. The molecular weight excluding hydrogens is 466 g/mol. The number of carbonyl (C=O) groups is 1. The van der Waals surface area contributed by atoms with Gasteiger partial charge in [0.05, 0.1) is 24.0 Å². The SMILES string of the molecule is CNC[C@@H]1Oc2ccc(NS(=O)(=O)c3ccc(Cl)cc3)cc2CC(=O)N([C@@H](C)CO)C[C@@H]1C. The molecule has 3 N–H and O–H groups in total. The molecule has 0 saturated carbocycles. The van der Waals surface area contributed by atoms with Gasteiger partial charge in [-0.2, -0.15) is 0 Å². The first-order valence-electron chi connectivity index (χ1n) is 10.8. The molecule has 0 fully saturated rings. The van der Waals surface area contributed by atoms with Gasteiger partial charge in [0, 0.05) is 35.3 Å². The van der Waals surface area contributed by atoms with Crippen molar-refractivity contribution in [2.75, 3.05) is 31.5 Å². The number of nitrogens with zero attached hydrogens (tertiary/aromatic N) is 1. The van der Waals surface area contributed by atoms with Crippen molar-refractivity contribution in [1.29, 1.82) is 0 Å². The van der Waals surface area contributed by atoms with Gasteiger partial charge in [-0.3, -0.25) is 9.52 Å². The molecule has 3 rings (SSSR count). The maximum absolute atomic E-state index is 13.1. The second-order valence-corrected chi connectivity index (χ2v) is 10.4. The van der Waals surface area contributed by atoms with Gasteiger partial charge in [-0.05, 0) is 56.4 Å². The standard InChI is InChI=1S/C23H30ClN3O5S/c1-15-13-27(16(2)14-28)23(29)11-17-10-19(6-9-21(17)32-22(15)12-25-3)26-33(30,31)20-7-4-18(24)5-8-20/h4-10,15-16,22,25-26,28H,11-14H2,1-3H3/t15-,16-,22-/m0/s1. The Morgan fingerprint density at radius 3 is 2.58 bits per heavy atom. The zero-order valence-electron chi connectivity index (χ0n) is 18.9. The van der Waals surface area contributed by atoms with Gasteiger partial charge in [-0.1, -0.05) is 18.5 Å². The van der Waals surface area contributed by atoms with Gasteiger partial charge in [0.1, 0.15) is 11.9 Å². The lowest BCUT2D eigenvalue weighted by molar-refractivity contribution is -0.134. The fraction of sp³-hybridized carbons (Fsp3) is 0.435. The largest absolute Gasteiger partial charge is 0.488 e. The normalized spacial score (nSPS) is 20.2. The van der Waals surface area contributed by atoms with E-state index in [9.17, 15) is 18.3 Å². The van der Waals surface area contributed by atoms with E-state index in [1.165, 1.54) is 24.3 Å². The number of carbonyl (C=O) groups excluding carboxylic acids is 1. The van der Waals surface area contributed by atoms with Crippen LogP contribution < -0.4 is 14.8 Å². The Balaban J connectivity index is 1.95. The fourth-order valence-electron chi connectivity index (χ4n) is 3.77. The molecule has 2 aromatic rings. The molecule has 2 aromatic carbocycles. The molecule has 0 saturated heterocycles. The molecule has 33 heavy (non-hydrogen) atoms. The lowest BCUT2D eigenvalue weighted by atomic mass is 10.0. The van der Waals surface area contributed by atoms with Gasteiger partial charge in [0.15, 0.2) is 0 Å². The van der Waals surface area contributed by atoms with Crippen molar-refractivity contribution >= 4 is 33.2 Å². The number of likely N-dealkylation sites (N-methyl/N-ethyl adjacent to an activating group) is 1. The zero-order valence-corrected chi connectivity index (χ0v) is 20.5. The van der Waals surface area contributed by atoms with E-state index in [1.54, 1.807) is 30.0 Å². The molecule has 0 aromatic heterocycles. The minimum atomic E-state index is -3.84. The van der Waals surface area contributed by atoms with E-state index in [2.05, 4.69) is 10.0 Å². The Labute approximate surface area is 199 Å². The highest BCUT2D eigenvalue weighted by atomic mass is 35.5. The number of sulfonamides is 1. The molecule has 0 bridgehead atoms. The minimum Gasteiger partial charge on any atom is -0.488 e. The summed E-state index contributed by atoms with van der Waals surface area (Å²) in [6, 6.07) is 10.4. The highest BCUT2D eigenvalue weighted by Crippen LogP contribution is 2.30. The molecule has 0 aliphatic carbocycles. The van der Waals surface area contributed by atoms with E-state index < -0.39 is 10.0 Å². The Morgan fingerprint density at radius 2 is 1.94 bits per heavy atom. The third kappa shape index (κ3) is 6.17. The maximum atomic E-state index is 13.1. The van der Waals surface area contributed by atoms with Gasteiger partial charge < -0.3 is 20.1 Å². The van der Waals surface area contributed by atoms with Crippen molar-refractivity contribution in [2.45, 2.75) is 37.3 Å². The number of hydrogen-bond donors (Lipinski definition) is 3. The molecule has 1 heterocycles. The number of amides is 1. The molecule has 10 heteroatoms. The first kappa shape index (κ1) is 25.3. The number of ether oxygens (including phenoxy) is 1. The summed E-state index contributed by atoms with van der Waals surface area (Å²) in [7, 11) is -2.01. The minimum absolute atomic E-state index is 0.00411. The van der Waals surface area contributed by atoms with Crippen LogP contribution >= 0.6 is 11.6 Å².